The minimum atomic E-state index is -0.186. The lowest BCUT2D eigenvalue weighted by molar-refractivity contribution is -0.0471. The highest BCUT2D eigenvalue weighted by atomic mass is 16.5. The Balaban J connectivity index is 3.77. The molecule has 0 aliphatic rings. The number of aliphatic hydroxyl groups is 1. The molecule has 0 aromatic carbocycles. The van der Waals surface area contributed by atoms with Crippen molar-refractivity contribution in [1.29, 1.82) is 0 Å². The molecule has 0 aromatic heterocycles. The summed E-state index contributed by atoms with van der Waals surface area (Å²) in [4.78, 5) is 0. The van der Waals surface area contributed by atoms with Crippen LogP contribution in [0.2, 0.25) is 0 Å². The van der Waals surface area contributed by atoms with Crippen molar-refractivity contribution in [2.45, 2.75) is 204 Å². The number of ether oxygens (including phenoxy) is 2. The van der Waals surface area contributed by atoms with Gasteiger partial charge in [-0.05, 0) is 60.2 Å². The molecule has 46 heavy (non-hydrogen) atoms. The maximum absolute atomic E-state index is 9.78. The van der Waals surface area contributed by atoms with E-state index in [-0.39, 0.29) is 12.7 Å². The van der Waals surface area contributed by atoms with Gasteiger partial charge in [-0.15, -0.1) is 0 Å². The minimum Gasteiger partial charge on any atom is -0.394 e. The molecule has 3 heteroatoms. The zero-order valence-electron chi connectivity index (χ0n) is 33.4. The van der Waals surface area contributed by atoms with Crippen LogP contribution in [0.4, 0.5) is 0 Å². The first-order valence-electron chi connectivity index (χ1n) is 20.7. The zero-order valence-corrected chi connectivity index (χ0v) is 33.4. The lowest BCUT2D eigenvalue weighted by Crippen LogP contribution is -2.25. The number of hydrogen-bond acceptors (Lipinski definition) is 3. The molecule has 278 valence electrons. The molecule has 0 rings (SSSR count). The Morgan fingerprint density at radius 1 is 0.370 bits per heavy atom. The molecule has 0 bridgehead atoms. The molecule has 7 atom stereocenters. The van der Waals surface area contributed by atoms with Crippen molar-refractivity contribution in [3.63, 3.8) is 0 Å². The zero-order chi connectivity index (χ0) is 34.6. The molecular formula is C43H88O3. The van der Waals surface area contributed by atoms with Crippen molar-refractivity contribution in [3.8, 4) is 0 Å². The standard InChI is InChI=1S/C43H88O3/c1-35(2)17-11-19-37(5)21-13-23-39(7)25-15-27-41(9)29-31-45-34-43(33-44)46-32-30-42(10)28-16-26-40(8)24-14-22-38(6)20-12-18-36(3)4/h35-44H,11-34H2,1-10H3/t37-,38+,39-,40-,41+,42-,43+/m0/s1. The number of rotatable bonds is 34. The van der Waals surface area contributed by atoms with E-state index in [2.05, 4.69) is 69.2 Å². The van der Waals surface area contributed by atoms with Gasteiger partial charge in [0.1, 0.15) is 6.10 Å². The second kappa shape index (κ2) is 30.9. The quantitative estimate of drug-likeness (QED) is 0.0703. The van der Waals surface area contributed by atoms with Gasteiger partial charge in [0.05, 0.1) is 13.2 Å². The fourth-order valence-electron chi connectivity index (χ4n) is 6.96. The summed E-state index contributed by atoms with van der Waals surface area (Å²) >= 11 is 0. The second-order valence-electron chi connectivity index (χ2n) is 17.3. The van der Waals surface area contributed by atoms with E-state index < -0.39 is 0 Å². The van der Waals surface area contributed by atoms with Crippen LogP contribution in [0.25, 0.3) is 0 Å². The van der Waals surface area contributed by atoms with Crippen LogP contribution < -0.4 is 0 Å². The van der Waals surface area contributed by atoms with Gasteiger partial charge in [0.15, 0.2) is 0 Å². The molecular weight excluding hydrogens is 564 g/mol. The monoisotopic (exact) mass is 653 g/mol. The largest absolute Gasteiger partial charge is 0.394 e. The third-order valence-electron chi connectivity index (χ3n) is 10.8. The average molecular weight is 653 g/mol. The van der Waals surface area contributed by atoms with Gasteiger partial charge in [-0.3, -0.25) is 0 Å². The minimum absolute atomic E-state index is 0.0480. The molecule has 0 aliphatic carbocycles. The van der Waals surface area contributed by atoms with Crippen molar-refractivity contribution >= 4 is 0 Å². The first-order valence-corrected chi connectivity index (χ1v) is 20.7. The first kappa shape index (κ1) is 45.9. The normalized spacial score (nSPS) is 16.9. The van der Waals surface area contributed by atoms with E-state index in [4.69, 9.17) is 9.47 Å². The van der Waals surface area contributed by atoms with Gasteiger partial charge in [0.25, 0.3) is 0 Å². The summed E-state index contributed by atoms with van der Waals surface area (Å²) in [6.45, 7) is 25.9. The van der Waals surface area contributed by atoms with Crippen molar-refractivity contribution in [2.75, 3.05) is 26.4 Å². The van der Waals surface area contributed by atoms with E-state index >= 15 is 0 Å². The molecule has 0 radical (unpaired) electrons. The second-order valence-corrected chi connectivity index (χ2v) is 17.3. The van der Waals surface area contributed by atoms with E-state index in [1.807, 2.05) is 0 Å². The first-order chi connectivity index (χ1) is 21.9. The SMILES string of the molecule is CC(C)CCC[C@@H](C)CCC[C@H](C)CCC[C@H](C)CCO[C@H](CO)COCC[C@H](C)CCC[C@@H](C)CCC[C@@H](C)CCCC(C)C. The summed E-state index contributed by atoms with van der Waals surface area (Å²) in [5, 5.41) is 9.78. The Morgan fingerprint density at radius 2 is 0.652 bits per heavy atom. The molecule has 0 saturated carbocycles. The lowest BCUT2D eigenvalue weighted by atomic mass is 9.91. The van der Waals surface area contributed by atoms with Crippen molar-refractivity contribution in [3.05, 3.63) is 0 Å². The van der Waals surface area contributed by atoms with Crippen molar-refractivity contribution < 1.29 is 14.6 Å². The fraction of sp³-hybridized carbons (Fsp3) is 1.00. The van der Waals surface area contributed by atoms with Gasteiger partial charge in [-0.1, -0.05) is 185 Å². The Hall–Kier alpha value is -0.120. The Morgan fingerprint density at radius 3 is 0.957 bits per heavy atom. The number of hydrogen-bond donors (Lipinski definition) is 1. The van der Waals surface area contributed by atoms with Gasteiger partial charge in [-0.25, -0.2) is 0 Å². The van der Waals surface area contributed by atoms with Crippen LogP contribution in [0.3, 0.4) is 0 Å². The topological polar surface area (TPSA) is 38.7 Å². The summed E-state index contributed by atoms with van der Waals surface area (Å²) in [6, 6.07) is 0. The highest BCUT2D eigenvalue weighted by Gasteiger charge is 2.13. The van der Waals surface area contributed by atoms with Gasteiger partial charge in [-0.2, -0.15) is 0 Å². The molecule has 0 saturated heterocycles. The predicted molar refractivity (Wildman–Crippen MR) is 205 cm³/mol. The Labute approximate surface area is 291 Å². The van der Waals surface area contributed by atoms with Crippen molar-refractivity contribution in [2.24, 2.45) is 47.3 Å². The van der Waals surface area contributed by atoms with Crippen LogP contribution in [0.5, 0.6) is 0 Å². The van der Waals surface area contributed by atoms with Crippen LogP contribution in [0.1, 0.15) is 198 Å². The molecule has 0 spiro atoms. The maximum Gasteiger partial charge on any atom is 0.104 e. The average Bonchev–Trinajstić information content (AvgIpc) is 2.98. The van der Waals surface area contributed by atoms with E-state index in [1.54, 1.807) is 0 Å². The van der Waals surface area contributed by atoms with E-state index in [1.165, 1.54) is 116 Å². The number of aliphatic hydroxyl groups excluding tert-OH is 1. The smallest absolute Gasteiger partial charge is 0.104 e. The third kappa shape index (κ3) is 31.2. The van der Waals surface area contributed by atoms with Gasteiger partial charge in [0.2, 0.25) is 0 Å². The molecule has 1 N–H and O–H groups in total. The van der Waals surface area contributed by atoms with Crippen LogP contribution in [0.15, 0.2) is 0 Å². The molecule has 0 unspecified atom stereocenters. The van der Waals surface area contributed by atoms with Crippen LogP contribution in [-0.4, -0.2) is 37.6 Å². The Kier molecular flexibility index (Phi) is 30.8. The summed E-state index contributed by atoms with van der Waals surface area (Å²) in [5.74, 6) is 6.57. The molecule has 0 heterocycles. The van der Waals surface area contributed by atoms with Gasteiger partial charge < -0.3 is 14.6 Å². The predicted octanol–water partition coefficient (Wildman–Crippen LogP) is 13.3. The molecule has 3 nitrogen and oxygen atoms in total. The van der Waals surface area contributed by atoms with Crippen LogP contribution in [-0.2, 0) is 9.47 Å². The molecule has 0 aliphatic heterocycles. The van der Waals surface area contributed by atoms with Gasteiger partial charge in [0, 0.05) is 13.2 Å². The lowest BCUT2D eigenvalue weighted by Gasteiger charge is -2.19. The highest BCUT2D eigenvalue weighted by Crippen LogP contribution is 2.24. The highest BCUT2D eigenvalue weighted by molar-refractivity contribution is 4.64. The Bertz CT molecular complexity index is 619. The van der Waals surface area contributed by atoms with Crippen molar-refractivity contribution in [1.82, 2.24) is 0 Å². The summed E-state index contributed by atoms with van der Waals surface area (Å²) < 4.78 is 11.9. The van der Waals surface area contributed by atoms with E-state index in [0.29, 0.717) is 18.4 Å². The van der Waals surface area contributed by atoms with Gasteiger partial charge >= 0.3 is 0 Å². The van der Waals surface area contributed by atoms with Crippen LogP contribution in [0, 0.1) is 47.3 Å². The fourth-order valence-corrected chi connectivity index (χ4v) is 6.96. The summed E-state index contributed by atoms with van der Waals surface area (Å²) in [6.07, 6.45) is 26.8. The summed E-state index contributed by atoms with van der Waals surface area (Å²) in [5.41, 5.74) is 0. The maximum atomic E-state index is 9.78. The molecule has 0 amide bonds. The van der Waals surface area contributed by atoms with E-state index in [0.717, 1.165) is 61.6 Å². The van der Waals surface area contributed by atoms with Crippen LogP contribution >= 0.6 is 0 Å². The third-order valence-corrected chi connectivity index (χ3v) is 10.8. The molecule has 0 aromatic rings. The molecule has 0 fully saturated rings. The summed E-state index contributed by atoms with van der Waals surface area (Å²) in [7, 11) is 0. The van der Waals surface area contributed by atoms with E-state index in [9.17, 15) is 5.11 Å².